The van der Waals surface area contributed by atoms with E-state index >= 15 is 0 Å². The molecule has 1 aliphatic carbocycles. The van der Waals surface area contributed by atoms with Gasteiger partial charge in [-0.15, -0.1) is 0 Å². The van der Waals surface area contributed by atoms with Crippen molar-refractivity contribution in [3.05, 3.63) is 35.5 Å². The number of carboxylic acid groups (broad SMARTS) is 1. The van der Waals surface area contributed by atoms with E-state index < -0.39 is 79.7 Å². The number of hydrogen-bond donors (Lipinski definition) is 3. The maximum atomic E-state index is 14.5. The Balaban J connectivity index is 1.29. The number of nitrogens with one attached hydrogen (secondary N) is 2. The van der Waals surface area contributed by atoms with Gasteiger partial charge in [-0.3, -0.25) is 24.0 Å². The minimum atomic E-state index is -3.26. The molecule has 288 valence electrons. The van der Waals surface area contributed by atoms with Crippen molar-refractivity contribution in [2.24, 2.45) is 0 Å². The third-order valence-electron chi connectivity index (χ3n) is 9.68. The Morgan fingerprint density at radius 1 is 1.06 bits per heavy atom. The lowest BCUT2D eigenvalue weighted by molar-refractivity contribution is -0.140. The van der Waals surface area contributed by atoms with Crippen LogP contribution in [0, 0.1) is 6.92 Å². The molecule has 3 aliphatic rings. The molecule has 3 N–H and O–H groups in total. The van der Waals surface area contributed by atoms with Crippen molar-refractivity contribution in [1.29, 1.82) is 0 Å². The van der Waals surface area contributed by atoms with Crippen LogP contribution in [0.1, 0.15) is 74.3 Å². The second-order valence-electron chi connectivity index (χ2n) is 13.8. The number of carbonyl (C=O) groups excluding carboxylic acids is 5. The lowest BCUT2D eigenvalue weighted by atomic mass is 9.93. The van der Waals surface area contributed by atoms with Gasteiger partial charge in [0, 0.05) is 56.5 Å². The standard InChI is InChI=1S/C36H46F2N6O9/c1-3-4-16-52-35(51)43-14-12-42(13-15-43)34(50)25(10-11-31(46)47)41-32(48)27-18-29(24-9-8-22(2)17-26(24)40-27)53-20-30(45)44-21-36(37,38)19-28(44)33(49)39-23-6-5-7-23/h8-9,17-18,23,25,28H,3-7,10-16,19-21H2,1-2H3,(H,39,49)(H,41,48)(H,46,47)/t25-,28-/m0/s1. The van der Waals surface area contributed by atoms with Gasteiger partial charge in [-0.1, -0.05) is 19.4 Å². The number of likely N-dealkylation sites (tertiary alicyclic amines) is 1. The van der Waals surface area contributed by atoms with Crippen molar-refractivity contribution in [1.82, 2.24) is 30.3 Å². The summed E-state index contributed by atoms with van der Waals surface area (Å²) in [4.78, 5) is 85.4. The second kappa shape index (κ2) is 17.2. The summed E-state index contributed by atoms with van der Waals surface area (Å²) in [5, 5.41) is 15.1. The van der Waals surface area contributed by atoms with Crippen LogP contribution in [0.5, 0.6) is 5.75 Å². The number of alkyl halides is 2. The first-order chi connectivity index (χ1) is 25.2. The Hall–Kier alpha value is -5.09. The third kappa shape index (κ3) is 10.1. The van der Waals surface area contributed by atoms with E-state index in [1.54, 1.807) is 25.1 Å². The topological polar surface area (TPSA) is 188 Å². The van der Waals surface area contributed by atoms with Gasteiger partial charge in [-0.05, 0) is 56.7 Å². The number of carboxylic acids is 1. The van der Waals surface area contributed by atoms with E-state index in [9.17, 15) is 42.7 Å². The molecule has 0 bridgehead atoms. The van der Waals surface area contributed by atoms with Gasteiger partial charge in [0.05, 0.1) is 18.7 Å². The molecule has 1 aromatic carbocycles. The molecule has 1 aromatic heterocycles. The van der Waals surface area contributed by atoms with Crippen molar-refractivity contribution in [3.8, 4) is 5.75 Å². The van der Waals surface area contributed by atoms with E-state index in [2.05, 4.69) is 15.6 Å². The first kappa shape index (κ1) is 39.1. The molecule has 0 spiro atoms. The minimum Gasteiger partial charge on any atom is -0.483 e. The van der Waals surface area contributed by atoms with Crippen molar-refractivity contribution in [2.45, 2.75) is 89.3 Å². The maximum absolute atomic E-state index is 14.5. The summed E-state index contributed by atoms with van der Waals surface area (Å²) in [6.45, 7) is 3.10. The fraction of sp³-hybridized carbons (Fsp3) is 0.583. The van der Waals surface area contributed by atoms with Gasteiger partial charge in [-0.25, -0.2) is 18.6 Å². The van der Waals surface area contributed by atoms with E-state index in [1.165, 1.54) is 15.9 Å². The van der Waals surface area contributed by atoms with Crippen LogP contribution < -0.4 is 15.4 Å². The SMILES string of the molecule is CCCCOC(=O)N1CCN(C(=O)[C@H](CCC(=O)O)NC(=O)c2cc(OCC(=O)N3CC(F)(F)C[C@H]3C(=O)NC3CCC3)c3ccc(C)cc3n2)CC1. The Kier molecular flexibility index (Phi) is 12.7. The average molecular weight is 745 g/mol. The van der Waals surface area contributed by atoms with E-state index in [-0.39, 0.29) is 50.1 Å². The van der Waals surface area contributed by atoms with Gasteiger partial charge >= 0.3 is 12.1 Å². The fourth-order valence-electron chi connectivity index (χ4n) is 6.41. The largest absolute Gasteiger partial charge is 0.483 e. The Labute approximate surface area is 305 Å². The number of hydrogen-bond acceptors (Lipinski definition) is 9. The molecule has 2 saturated heterocycles. The van der Waals surface area contributed by atoms with E-state index in [4.69, 9.17) is 9.47 Å². The zero-order valence-electron chi connectivity index (χ0n) is 29.9. The number of aryl methyl sites for hydroxylation is 1. The average Bonchev–Trinajstić information content (AvgIpc) is 3.45. The van der Waals surface area contributed by atoms with Crippen molar-refractivity contribution in [3.63, 3.8) is 0 Å². The lowest BCUT2D eigenvalue weighted by Crippen LogP contribution is -2.56. The van der Waals surface area contributed by atoms with Gasteiger partial charge in [0.2, 0.25) is 11.8 Å². The number of ether oxygens (including phenoxy) is 2. The van der Waals surface area contributed by atoms with Gasteiger partial charge < -0.3 is 39.9 Å². The number of pyridine rings is 1. The summed E-state index contributed by atoms with van der Waals surface area (Å²) in [5.74, 6) is -7.23. The van der Waals surface area contributed by atoms with Crippen LogP contribution in [-0.4, -0.2) is 130 Å². The Bertz CT molecular complexity index is 1710. The molecule has 3 heterocycles. The molecule has 1 saturated carbocycles. The van der Waals surface area contributed by atoms with Crippen LogP contribution in [0.25, 0.3) is 10.9 Å². The van der Waals surface area contributed by atoms with Gasteiger partial charge in [0.1, 0.15) is 23.5 Å². The first-order valence-electron chi connectivity index (χ1n) is 18.0. The van der Waals surface area contributed by atoms with Crippen molar-refractivity contribution >= 4 is 46.6 Å². The molecule has 15 nitrogen and oxygen atoms in total. The number of aliphatic carboxylic acids is 1. The third-order valence-corrected chi connectivity index (χ3v) is 9.68. The number of rotatable bonds is 14. The van der Waals surface area contributed by atoms with E-state index in [0.29, 0.717) is 17.5 Å². The summed E-state index contributed by atoms with van der Waals surface area (Å²) in [6, 6.07) is 3.63. The molecule has 53 heavy (non-hydrogen) atoms. The van der Waals surface area contributed by atoms with Crippen LogP contribution >= 0.6 is 0 Å². The molecule has 2 aromatic rings. The monoisotopic (exact) mass is 744 g/mol. The summed E-state index contributed by atoms with van der Waals surface area (Å²) in [6.07, 6.45) is 2.10. The quantitative estimate of drug-likeness (QED) is 0.243. The lowest BCUT2D eigenvalue weighted by Gasteiger charge is -2.36. The van der Waals surface area contributed by atoms with Gasteiger partial charge in [-0.2, -0.15) is 0 Å². The predicted octanol–water partition coefficient (Wildman–Crippen LogP) is 2.87. The number of halogens is 2. The zero-order chi connectivity index (χ0) is 38.3. The number of carbonyl (C=O) groups is 6. The van der Waals surface area contributed by atoms with Gasteiger partial charge in [0.15, 0.2) is 6.61 Å². The highest BCUT2D eigenvalue weighted by Gasteiger charge is 2.50. The normalized spacial score (nSPS) is 18.9. The smallest absolute Gasteiger partial charge is 0.409 e. The van der Waals surface area contributed by atoms with Crippen LogP contribution in [-0.2, 0) is 23.9 Å². The number of benzene rings is 1. The number of amides is 5. The molecule has 17 heteroatoms. The van der Waals surface area contributed by atoms with Crippen LogP contribution in [0.4, 0.5) is 13.6 Å². The number of piperazine rings is 1. The maximum Gasteiger partial charge on any atom is 0.409 e. The predicted molar refractivity (Wildman–Crippen MR) is 185 cm³/mol. The molecule has 2 atom stereocenters. The number of nitrogens with zero attached hydrogens (tertiary/aromatic N) is 4. The zero-order valence-corrected chi connectivity index (χ0v) is 29.9. The number of aromatic nitrogens is 1. The molecule has 5 amide bonds. The molecule has 2 aliphatic heterocycles. The fourth-order valence-corrected chi connectivity index (χ4v) is 6.41. The van der Waals surface area contributed by atoms with Crippen molar-refractivity contribution < 1.29 is 52.1 Å². The van der Waals surface area contributed by atoms with Crippen LogP contribution in [0.2, 0.25) is 0 Å². The highest BCUT2D eigenvalue weighted by Crippen LogP contribution is 2.33. The van der Waals surface area contributed by atoms with Crippen LogP contribution in [0.3, 0.4) is 0 Å². The number of fused-ring (bicyclic) bond motifs is 1. The van der Waals surface area contributed by atoms with E-state index in [1.807, 2.05) is 6.92 Å². The second-order valence-corrected chi connectivity index (χ2v) is 13.8. The summed E-state index contributed by atoms with van der Waals surface area (Å²) >= 11 is 0. The first-order valence-corrected chi connectivity index (χ1v) is 18.0. The summed E-state index contributed by atoms with van der Waals surface area (Å²) < 4.78 is 40.1. The molecule has 5 rings (SSSR count). The van der Waals surface area contributed by atoms with E-state index in [0.717, 1.165) is 42.6 Å². The highest BCUT2D eigenvalue weighted by molar-refractivity contribution is 5.99. The summed E-state index contributed by atoms with van der Waals surface area (Å²) in [7, 11) is 0. The molecular weight excluding hydrogens is 698 g/mol. The van der Waals surface area contributed by atoms with Gasteiger partial charge in [0.25, 0.3) is 17.7 Å². The summed E-state index contributed by atoms with van der Waals surface area (Å²) in [5.41, 5.74) is 0.886. The molecule has 0 radical (unpaired) electrons. The Morgan fingerprint density at radius 2 is 1.77 bits per heavy atom. The Morgan fingerprint density at radius 3 is 2.43 bits per heavy atom. The number of unbranched alkanes of at least 4 members (excludes halogenated alkanes) is 1. The molecule has 3 fully saturated rings. The molecule has 0 unspecified atom stereocenters. The molecular formula is C36H46F2N6O9. The van der Waals surface area contributed by atoms with Crippen molar-refractivity contribution in [2.75, 3.05) is 45.9 Å². The highest BCUT2D eigenvalue weighted by atomic mass is 19.3. The van der Waals surface area contributed by atoms with Crippen LogP contribution in [0.15, 0.2) is 24.3 Å². The minimum absolute atomic E-state index is 0.0327.